The number of ether oxygens (including phenoxy) is 2. The topological polar surface area (TPSA) is 104 Å². The predicted molar refractivity (Wildman–Crippen MR) is 105 cm³/mol. The number of anilines is 2. The molecule has 0 aliphatic rings. The summed E-state index contributed by atoms with van der Waals surface area (Å²) in [6.45, 7) is 0. The number of para-hydroxylation sites is 2. The van der Waals surface area contributed by atoms with E-state index in [4.69, 9.17) is 15.2 Å². The molecule has 0 unspecified atom stereocenters. The van der Waals surface area contributed by atoms with Gasteiger partial charge in [0.1, 0.15) is 11.5 Å². The van der Waals surface area contributed by atoms with Crippen molar-refractivity contribution in [3.05, 3.63) is 66.9 Å². The molecule has 2 heterocycles. The smallest absolute Gasteiger partial charge is 0.409 e. The molecule has 0 fully saturated rings. The molecule has 8 nitrogen and oxygen atoms in total. The zero-order chi connectivity index (χ0) is 19.5. The van der Waals surface area contributed by atoms with Gasteiger partial charge in [-0.05, 0) is 42.0 Å². The van der Waals surface area contributed by atoms with Crippen LogP contribution >= 0.6 is 0 Å². The van der Waals surface area contributed by atoms with Gasteiger partial charge in [0.25, 0.3) is 0 Å². The van der Waals surface area contributed by atoms with Crippen LogP contribution in [0.5, 0.6) is 11.5 Å². The lowest BCUT2D eigenvalue weighted by Gasteiger charge is -2.07. The summed E-state index contributed by atoms with van der Waals surface area (Å²) in [5.41, 5.74) is 8.28. The van der Waals surface area contributed by atoms with Crippen molar-refractivity contribution in [2.45, 2.75) is 0 Å². The Morgan fingerprint density at radius 2 is 1.93 bits per heavy atom. The molecule has 0 spiro atoms. The number of fused-ring (bicyclic) bond motifs is 1. The third kappa shape index (κ3) is 3.56. The fourth-order valence-electron chi connectivity index (χ4n) is 2.83. The largest absolute Gasteiger partial charge is 0.495 e. The molecule has 3 N–H and O–H groups in total. The number of aromatic nitrogens is 3. The minimum absolute atomic E-state index is 0.377. The Labute approximate surface area is 160 Å². The molecule has 0 radical (unpaired) electrons. The monoisotopic (exact) mass is 375 g/mol. The van der Waals surface area contributed by atoms with Crippen LogP contribution in [0.4, 0.5) is 16.4 Å². The molecule has 8 heteroatoms. The molecule has 2 aromatic carbocycles. The van der Waals surface area contributed by atoms with E-state index in [0.717, 1.165) is 16.8 Å². The van der Waals surface area contributed by atoms with Gasteiger partial charge in [-0.3, -0.25) is 0 Å². The van der Waals surface area contributed by atoms with Crippen LogP contribution in [0.2, 0.25) is 0 Å². The maximum absolute atomic E-state index is 11.0. The number of nitrogens with one attached hydrogen (secondary N) is 1. The number of carbonyl (C=O) groups excluding carboxylic acids is 1. The lowest BCUT2D eigenvalue weighted by Crippen LogP contribution is -2.16. The van der Waals surface area contributed by atoms with Crippen LogP contribution in [0.1, 0.15) is 0 Å². The van der Waals surface area contributed by atoms with Crippen LogP contribution < -0.4 is 20.5 Å². The van der Waals surface area contributed by atoms with Crippen molar-refractivity contribution >= 4 is 23.4 Å². The predicted octanol–water partition coefficient (Wildman–Crippen LogP) is 3.61. The number of primary amides is 1. The standard InChI is InChI=1S/C20H17N5O3/c1-27-17-8-3-2-7-16(17)22-20-23-18-10-9-14(12-25(18)24-20)13-5-4-6-15(11-13)28-19(21)26/h2-12H,1H3,(H2,21,26)(H,22,24). The maximum atomic E-state index is 11.0. The second-order valence-electron chi connectivity index (χ2n) is 5.93. The van der Waals surface area contributed by atoms with Crippen LogP contribution in [0.15, 0.2) is 66.9 Å². The van der Waals surface area contributed by atoms with Gasteiger partial charge in [-0.2, -0.15) is 4.98 Å². The van der Waals surface area contributed by atoms with Crippen molar-refractivity contribution in [2.24, 2.45) is 5.73 Å². The molecule has 0 atom stereocenters. The SMILES string of the molecule is COc1ccccc1Nc1nc2ccc(-c3cccc(OC(N)=O)c3)cn2n1. The van der Waals surface area contributed by atoms with E-state index in [-0.39, 0.29) is 0 Å². The summed E-state index contributed by atoms with van der Waals surface area (Å²) in [7, 11) is 1.61. The van der Waals surface area contributed by atoms with E-state index in [0.29, 0.717) is 23.1 Å². The van der Waals surface area contributed by atoms with Crippen molar-refractivity contribution < 1.29 is 14.3 Å². The van der Waals surface area contributed by atoms with Gasteiger partial charge in [0, 0.05) is 11.8 Å². The first-order valence-electron chi connectivity index (χ1n) is 8.46. The Bertz CT molecular complexity index is 1160. The van der Waals surface area contributed by atoms with Gasteiger partial charge in [0.05, 0.1) is 12.8 Å². The van der Waals surface area contributed by atoms with E-state index >= 15 is 0 Å². The number of benzene rings is 2. The van der Waals surface area contributed by atoms with Gasteiger partial charge in [0.15, 0.2) is 5.65 Å². The third-order valence-corrected chi connectivity index (χ3v) is 4.07. The summed E-state index contributed by atoms with van der Waals surface area (Å²) >= 11 is 0. The molecule has 28 heavy (non-hydrogen) atoms. The first-order valence-corrected chi connectivity index (χ1v) is 8.46. The molecule has 0 aliphatic heterocycles. The molecule has 140 valence electrons. The van der Waals surface area contributed by atoms with Crippen LogP contribution in [0.25, 0.3) is 16.8 Å². The highest BCUT2D eigenvalue weighted by Crippen LogP contribution is 2.27. The number of pyridine rings is 1. The van der Waals surface area contributed by atoms with Crippen LogP contribution in [0, 0.1) is 0 Å². The number of amides is 1. The zero-order valence-electron chi connectivity index (χ0n) is 15.0. The Morgan fingerprint density at radius 3 is 2.75 bits per heavy atom. The first-order chi connectivity index (χ1) is 13.6. The molecule has 0 saturated carbocycles. The summed E-state index contributed by atoms with van der Waals surface area (Å²) in [5.74, 6) is 1.53. The Balaban J connectivity index is 1.64. The number of nitrogens with two attached hydrogens (primary N) is 1. The van der Waals surface area contributed by atoms with Crippen molar-refractivity contribution in [3.63, 3.8) is 0 Å². The van der Waals surface area contributed by atoms with Crippen molar-refractivity contribution in [3.8, 4) is 22.6 Å². The number of hydrogen-bond acceptors (Lipinski definition) is 6. The lowest BCUT2D eigenvalue weighted by atomic mass is 10.1. The molecule has 0 bridgehead atoms. The van der Waals surface area contributed by atoms with Gasteiger partial charge in [-0.15, -0.1) is 5.10 Å². The lowest BCUT2D eigenvalue weighted by molar-refractivity contribution is 0.211. The van der Waals surface area contributed by atoms with E-state index in [1.807, 2.05) is 48.7 Å². The quantitative estimate of drug-likeness (QED) is 0.552. The normalized spacial score (nSPS) is 10.6. The Hall–Kier alpha value is -4.07. The number of carbonyl (C=O) groups is 1. The number of nitrogens with zero attached hydrogens (tertiary/aromatic N) is 3. The second-order valence-corrected chi connectivity index (χ2v) is 5.93. The van der Waals surface area contributed by atoms with Crippen molar-refractivity contribution in [1.29, 1.82) is 0 Å². The van der Waals surface area contributed by atoms with E-state index in [1.165, 1.54) is 0 Å². The summed E-state index contributed by atoms with van der Waals surface area (Å²) < 4.78 is 12.0. The van der Waals surface area contributed by atoms with Gasteiger partial charge >= 0.3 is 6.09 Å². The van der Waals surface area contributed by atoms with Crippen molar-refractivity contribution in [2.75, 3.05) is 12.4 Å². The minimum atomic E-state index is -0.851. The number of hydrogen-bond donors (Lipinski definition) is 2. The average molecular weight is 375 g/mol. The van der Waals surface area contributed by atoms with E-state index < -0.39 is 6.09 Å². The van der Waals surface area contributed by atoms with E-state index in [9.17, 15) is 4.79 Å². The van der Waals surface area contributed by atoms with E-state index in [1.54, 1.807) is 29.8 Å². The Kier molecular flexibility index (Phi) is 4.51. The average Bonchev–Trinajstić information content (AvgIpc) is 3.09. The van der Waals surface area contributed by atoms with Crippen LogP contribution in [-0.2, 0) is 0 Å². The first kappa shape index (κ1) is 17.3. The van der Waals surface area contributed by atoms with E-state index in [2.05, 4.69) is 15.4 Å². The van der Waals surface area contributed by atoms with Gasteiger partial charge in [0.2, 0.25) is 5.95 Å². The Morgan fingerprint density at radius 1 is 1.07 bits per heavy atom. The fourth-order valence-corrected chi connectivity index (χ4v) is 2.83. The summed E-state index contributed by atoms with van der Waals surface area (Å²) in [4.78, 5) is 15.4. The molecule has 4 rings (SSSR count). The van der Waals surface area contributed by atoms with Gasteiger partial charge in [-0.25, -0.2) is 9.31 Å². The molecule has 4 aromatic rings. The highest BCUT2D eigenvalue weighted by Gasteiger charge is 2.09. The fraction of sp³-hybridized carbons (Fsp3) is 0.0500. The highest BCUT2D eigenvalue weighted by atomic mass is 16.5. The molecule has 0 aliphatic carbocycles. The van der Waals surface area contributed by atoms with Gasteiger partial charge in [-0.1, -0.05) is 24.3 Å². The van der Waals surface area contributed by atoms with Gasteiger partial charge < -0.3 is 20.5 Å². The second kappa shape index (κ2) is 7.28. The zero-order valence-corrected chi connectivity index (χ0v) is 15.0. The number of methoxy groups -OCH3 is 1. The van der Waals surface area contributed by atoms with Crippen LogP contribution in [0.3, 0.4) is 0 Å². The summed E-state index contributed by atoms with van der Waals surface area (Å²) in [6.07, 6.45) is 0.995. The molecular formula is C20H17N5O3. The highest BCUT2D eigenvalue weighted by molar-refractivity contribution is 5.71. The summed E-state index contributed by atoms with van der Waals surface area (Å²) in [6, 6.07) is 18.4. The summed E-state index contributed by atoms with van der Waals surface area (Å²) in [5, 5.41) is 7.64. The van der Waals surface area contributed by atoms with Crippen LogP contribution in [-0.4, -0.2) is 27.8 Å². The molecular weight excluding hydrogens is 358 g/mol. The molecule has 1 amide bonds. The number of rotatable bonds is 5. The maximum Gasteiger partial charge on any atom is 0.409 e. The van der Waals surface area contributed by atoms with Crippen molar-refractivity contribution in [1.82, 2.24) is 14.6 Å². The molecule has 0 saturated heterocycles. The third-order valence-electron chi connectivity index (χ3n) is 4.07. The minimum Gasteiger partial charge on any atom is -0.495 e. The molecule has 2 aromatic heterocycles.